The summed E-state index contributed by atoms with van der Waals surface area (Å²) in [5.41, 5.74) is 0.843. The summed E-state index contributed by atoms with van der Waals surface area (Å²) >= 11 is 5.94. The molecule has 2 aliphatic rings. The van der Waals surface area contributed by atoms with Crippen molar-refractivity contribution in [2.24, 2.45) is 5.92 Å². The van der Waals surface area contributed by atoms with Crippen LogP contribution >= 0.6 is 11.6 Å². The number of likely N-dealkylation sites (tertiary alicyclic amines) is 1. The van der Waals surface area contributed by atoms with Gasteiger partial charge in [0.1, 0.15) is 0 Å². The van der Waals surface area contributed by atoms with Crippen LogP contribution in [0.25, 0.3) is 11.4 Å². The van der Waals surface area contributed by atoms with Crippen LogP contribution in [0.2, 0.25) is 5.02 Å². The molecule has 0 bridgehead atoms. The zero-order valence-electron chi connectivity index (χ0n) is 19.8. The predicted octanol–water partition coefficient (Wildman–Crippen LogP) is 3.14. The Kier molecular flexibility index (Phi) is 7.38. The highest BCUT2D eigenvalue weighted by Crippen LogP contribution is 2.24. The molecule has 0 aliphatic carbocycles. The SMILES string of the molecule is O=C(C1CCN(Cc2nc(-c3ccc(Cl)cc3)no2)CC1)N1CCN(S(=O)(=O)c2ccccc2)CC1. The molecule has 0 radical (unpaired) electrons. The predicted molar refractivity (Wildman–Crippen MR) is 135 cm³/mol. The first-order valence-corrected chi connectivity index (χ1v) is 13.9. The van der Waals surface area contributed by atoms with E-state index in [9.17, 15) is 13.2 Å². The number of nitrogens with zero attached hydrogens (tertiary/aromatic N) is 5. The number of amides is 1. The highest BCUT2D eigenvalue weighted by atomic mass is 35.5. The van der Waals surface area contributed by atoms with Crippen LogP contribution in [-0.4, -0.2) is 77.8 Å². The number of sulfonamides is 1. The average Bonchev–Trinajstić information content (AvgIpc) is 3.38. The van der Waals surface area contributed by atoms with E-state index < -0.39 is 10.0 Å². The zero-order chi connectivity index (χ0) is 25.1. The number of hydrogen-bond acceptors (Lipinski definition) is 7. The Morgan fingerprint density at radius 1 is 0.944 bits per heavy atom. The molecule has 3 heterocycles. The molecule has 2 aliphatic heterocycles. The highest BCUT2D eigenvalue weighted by Gasteiger charge is 2.34. The van der Waals surface area contributed by atoms with Gasteiger partial charge in [-0.15, -0.1) is 0 Å². The van der Waals surface area contributed by atoms with Gasteiger partial charge in [0, 0.05) is 42.7 Å². The van der Waals surface area contributed by atoms with Crippen molar-refractivity contribution < 1.29 is 17.7 Å². The molecule has 0 spiro atoms. The number of hydrogen-bond donors (Lipinski definition) is 0. The topological polar surface area (TPSA) is 99.8 Å². The van der Waals surface area contributed by atoms with Crippen LogP contribution in [-0.2, 0) is 21.4 Å². The van der Waals surface area contributed by atoms with Crippen LogP contribution in [0.4, 0.5) is 0 Å². The van der Waals surface area contributed by atoms with Gasteiger partial charge in [-0.3, -0.25) is 9.69 Å². The Morgan fingerprint density at radius 3 is 2.28 bits per heavy atom. The lowest BCUT2D eigenvalue weighted by molar-refractivity contribution is -0.138. The minimum atomic E-state index is -3.53. The van der Waals surface area contributed by atoms with Crippen molar-refractivity contribution in [1.29, 1.82) is 0 Å². The van der Waals surface area contributed by atoms with E-state index in [1.807, 2.05) is 17.0 Å². The molecule has 0 unspecified atom stereocenters. The van der Waals surface area contributed by atoms with E-state index in [4.69, 9.17) is 16.1 Å². The maximum Gasteiger partial charge on any atom is 0.243 e. The summed E-state index contributed by atoms with van der Waals surface area (Å²) in [5.74, 6) is 1.14. The second kappa shape index (κ2) is 10.7. The largest absolute Gasteiger partial charge is 0.340 e. The zero-order valence-corrected chi connectivity index (χ0v) is 21.4. The molecule has 1 aromatic heterocycles. The van der Waals surface area contributed by atoms with Gasteiger partial charge in [0.25, 0.3) is 0 Å². The van der Waals surface area contributed by atoms with Crippen LogP contribution < -0.4 is 0 Å². The Morgan fingerprint density at radius 2 is 1.61 bits per heavy atom. The number of piperazine rings is 1. The fourth-order valence-corrected chi connectivity index (χ4v) is 6.28. The van der Waals surface area contributed by atoms with Crippen LogP contribution in [0, 0.1) is 5.92 Å². The van der Waals surface area contributed by atoms with E-state index in [1.165, 1.54) is 4.31 Å². The maximum absolute atomic E-state index is 13.1. The van der Waals surface area contributed by atoms with Gasteiger partial charge in [-0.2, -0.15) is 9.29 Å². The molecule has 5 rings (SSSR count). The number of halogens is 1. The Balaban J connectivity index is 1.10. The van der Waals surface area contributed by atoms with E-state index in [0.717, 1.165) is 31.5 Å². The monoisotopic (exact) mass is 529 g/mol. The molecule has 0 N–H and O–H groups in total. The van der Waals surface area contributed by atoms with Gasteiger partial charge < -0.3 is 9.42 Å². The van der Waals surface area contributed by atoms with E-state index >= 15 is 0 Å². The molecule has 2 fully saturated rings. The first-order valence-electron chi connectivity index (χ1n) is 12.0. The van der Waals surface area contributed by atoms with Gasteiger partial charge >= 0.3 is 0 Å². The number of carbonyl (C=O) groups is 1. The van der Waals surface area contributed by atoms with Gasteiger partial charge in [-0.1, -0.05) is 35.0 Å². The molecule has 2 aromatic carbocycles. The smallest absolute Gasteiger partial charge is 0.243 e. The molecular weight excluding hydrogens is 502 g/mol. The van der Waals surface area contributed by atoms with Crippen LogP contribution in [0.15, 0.2) is 64.0 Å². The fourth-order valence-electron chi connectivity index (χ4n) is 4.71. The summed E-state index contributed by atoms with van der Waals surface area (Å²) in [6.07, 6.45) is 1.50. The second-order valence-corrected chi connectivity index (χ2v) is 11.5. The van der Waals surface area contributed by atoms with Crippen LogP contribution in [0.3, 0.4) is 0 Å². The molecule has 36 heavy (non-hydrogen) atoms. The Bertz CT molecular complexity index is 1280. The van der Waals surface area contributed by atoms with Crippen molar-refractivity contribution in [2.75, 3.05) is 39.3 Å². The quantitative estimate of drug-likeness (QED) is 0.483. The molecule has 9 nitrogen and oxygen atoms in total. The van der Waals surface area contributed by atoms with Crippen molar-refractivity contribution in [3.63, 3.8) is 0 Å². The summed E-state index contributed by atoms with van der Waals surface area (Å²) in [6.45, 7) is 3.53. The summed E-state index contributed by atoms with van der Waals surface area (Å²) in [4.78, 5) is 21.9. The van der Waals surface area contributed by atoms with Crippen molar-refractivity contribution in [2.45, 2.75) is 24.3 Å². The third-order valence-corrected chi connectivity index (χ3v) is 8.96. The fraction of sp³-hybridized carbons (Fsp3) is 0.400. The number of benzene rings is 2. The van der Waals surface area contributed by atoms with Crippen molar-refractivity contribution in [3.8, 4) is 11.4 Å². The number of piperidine rings is 1. The molecule has 2 saturated heterocycles. The lowest BCUT2D eigenvalue weighted by atomic mass is 9.95. The molecule has 1 amide bonds. The second-order valence-electron chi connectivity index (χ2n) is 9.11. The molecule has 11 heteroatoms. The summed E-state index contributed by atoms with van der Waals surface area (Å²) in [5, 5.41) is 4.72. The Hall–Kier alpha value is -2.79. The van der Waals surface area contributed by atoms with E-state index in [1.54, 1.807) is 42.5 Å². The molecule has 0 atom stereocenters. The summed E-state index contributed by atoms with van der Waals surface area (Å²) in [7, 11) is -3.53. The van der Waals surface area contributed by atoms with Gasteiger partial charge in [0.15, 0.2) is 0 Å². The third-order valence-electron chi connectivity index (χ3n) is 6.80. The minimum absolute atomic E-state index is 0.0501. The number of rotatable bonds is 6. The van der Waals surface area contributed by atoms with E-state index in [-0.39, 0.29) is 11.8 Å². The van der Waals surface area contributed by atoms with Gasteiger partial charge in [0.2, 0.25) is 27.6 Å². The Labute approximate surface area is 215 Å². The summed E-state index contributed by atoms with van der Waals surface area (Å²) < 4.78 is 32.6. The standard InChI is InChI=1S/C25H28ClN5O4S/c26-21-8-6-19(7-9-21)24-27-23(35-28-24)18-29-12-10-20(11-13-29)25(32)30-14-16-31(17-15-30)36(33,34)22-4-2-1-3-5-22/h1-9,20H,10-18H2. The number of carbonyl (C=O) groups excluding carboxylic acids is 1. The average molecular weight is 530 g/mol. The van der Waals surface area contributed by atoms with Gasteiger partial charge in [-0.25, -0.2) is 8.42 Å². The normalized spacial score (nSPS) is 18.4. The van der Waals surface area contributed by atoms with Crippen molar-refractivity contribution in [1.82, 2.24) is 24.2 Å². The van der Waals surface area contributed by atoms with Crippen LogP contribution in [0.1, 0.15) is 18.7 Å². The maximum atomic E-state index is 13.1. The lowest BCUT2D eigenvalue weighted by Crippen LogP contribution is -2.52. The van der Waals surface area contributed by atoms with E-state index in [0.29, 0.717) is 54.4 Å². The van der Waals surface area contributed by atoms with Crippen LogP contribution in [0.5, 0.6) is 0 Å². The van der Waals surface area contributed by atoms with Gasteiger partial charge in [-0.05, 0) is 62.3 Å². The van der Waals surface area contributed by atoms with Crippen molar-refractivity contribution >= 4 is 27.5 Å². The van der Waals surface area contributed by atoms with Gasteiger partial charge in [0.05, 0.1) is 11.4 Å². The molecular formula is C25H28ClN5O4S. The van der Waals surface area contributed by atoms with Crippen molar-refractivity contribution in [3.05, 3.63) is 65.5 Å². The van der Waals surface area contributed by atoms with E-state index in [2.05, 4.69) is 15.0 Å². The summed E-state index contributed by atoms with van der Waals surface area (Å²) in [6, 6.07) is 15.7. The first kappa shape index (κ1) is 24.9. The molecule has 190 valence electrons. The minimum Gasteiger partial charge on any atom is -0.340 e. The molecule has 0 saturated carbocycles. The number of aromatic nitrogens is 2. The third kappa shape index (κ3) is 5.46. The first-order chi connectivity index (χ1) is 17.4. The molecule has 3 aromatic rings. The lowest BCUT2D eigenvalue weighted by Gasteiger charge is -2.38. The highest BCUT2D eigenvalue weighted by molar-refractivity contribution is 7.89.